The topological polar surface area (TPSA) is 49.8 Å². The van der Waals surface area contributed by atoms with Crippen LogP contribution >= 0.6 is 0 Å². The molecule has 2 rings (SSSR count). The SMILES string of the molecule is CNc1nc(C)cc(Nc2cccc(F)c2C)n1. The fraction of sp³-hybridized carbons (Fsp3) is 0.231. The first kappa shape index (κ1) is 12.3. The zero-order chi connectivity index (χ0) is 13.1. The van der Waals surface area contributed by atoms with Crippen molar-refractivity contribution in [1.82, 2.24) is 9.97 Å². The lowest BCUT2D eigenvalue weighted by atomic mass is 10.2. The first-order valence-corrected chi connectivity index (χ1v) is 5.65. The van der Waals surface area contributed by atoms with Crippen molar-refractivity contribution >= 4 is 17.5 Å². The molecule has 0 aliphatic heterocycles. The summed E-state index contributed by atoms with van der Waals surface area (Å²) in [4.78, 5) is 8.46. The Morgan fingerprint density at radius 1 is 1.17 bits per heavy atom. The smallest absolute Gasteiger partial charge is 0.224 e. The Morgan fingerprint density at radius 3 is 2.67 bits per heavy atom. The van der Waals surface area contributed by atoms with E-state index in [9.17, 15) is 4.39 Å². The molecule has 0 bridgehead atoms. The van der Waals surface area contributed by atoms with Gasteiger partial charge in [0, 0.05) is 30.1 Å². The maximum absolute atomic E-state index is 13.4. The highest BCUT2D eigenvalue weighted by Gasteiger charge is 2.06. The Labute approximate surface area is 105 Å². The van der Waals surface area contributed by atoms with Gasteiger partial charge in [-0.3, -0.25) is 0 Å². The van der Waals surface area contributed by atoms with E-state index in [0.29, 0.717) is 23.0 Å². The van der Waals surface area contributed by atoms with Gasteiger partial charge >= 0.3 is 0 Å². The molecule has 1 aromatic carbocycles. The maximum Gasteiger partial charge on any atom is 0.224 e. The summed E-state index contributed by atoms with van der Waals surface area (Å²) in [6.07, 6.45) is 0. The van der Waals surface area contributed by atoms with Crippen molar-refractivity contribution < 1.29 is 4.39 Å². The van der Waals surface area contributed by atoms with Crippen molar-refractivity contribution in [2.24, 2.45) is 0 Å². The van der Waals surface area contributed by atoms with Crippen LogP contribution in [0.5, 0.6) is 0 Å². The molecule has 94 valence electrons. The van der Waals surface area contributed by atoms with Crippen LogP contribution in [0.2, 0.25) is 0 Å². The summed E-state index contributed by atoms with van der Waals surface area (Å²) in [5.41, 5.74) is 2.11. The van der Waals surface area contributed by atoms with Crippen LogP contribution < -0.4 is 10.6 Å². The lowest BCUT2D eigenvalue weighted by Gasteiger charge is -2.10. The summed E-state index contributed by atoms with van der Waals surface area (Å²) in [5.74, 6) is 0.937. The highest BCUT2D eigenvalue weighted by molar-refractivity contribution is 5.61. The van der Waals surface area contributed by atoms with Crippen LogP contribution in [0.25, 0.3) is 0 Å². The van der Waals surface area contributed by atoms with E-state index in [4.69, 9.17) is 0 Å². The lowest BCUT2D eigenvalue weighted by Crippen LogP contribution is -2.03. The van der Waals surface area contributed by atoms with E-state index in [0.717, 1.165) is 5.69 Å². The second kappa shape index (κ2) is 5.00. The van der Waals surface area contributed by atoms with E-state index < -0.39 is 0 Å². The Hall–Kier alpha value is -2.17. The van der Waals surface area contributed by atoms with Gasteiger partial charge in [-0.25, -0.2) is 9.37 Å². The molecule has 0 radical (unpaired) electrons. The van der Waals surface area contributed by atoms with Crippen LogP contribution in [-0.4, -0.2) is 17.0 Å². The van der Waals surface area contributed by atoms with Crippen LogP contribution in [0.1, 0.15) is 11.3 Å². The summed E-state index contributed by atoms with van der Waals surface area (Å²) < 4.78 is 13.4. The molecule has 1 heterocycles. The maximum atomic E-state index is 13.4. The zero-order valence-corrected chi connectivity index (χ0v) is 10.6. The molecule has 0 saturated heterocycles. The van der Waals surface area contributed by atoms with E-state index in [1.54, 1.807) is 20.0 Å². The van der Waals surface area contributed by atoms with Crippen LogP contribution in [0.4, 0.5) is 21.8 Å². The number of anilines is 3. The third-order valence-corrected chi connectivity index (χ3v) is 2.61. The van der Waals surface area contributed by atoms with Gasteiger partial charge in [0.25, 0.3) is 0 Å². The zero-order valence-electron chi connectivity index (χ0n) is 10.6. The predicted octanol–water partition coefficient (Wildman–Crippen LogP) is 3.02. The van der Waals surface area contributed by atoms with E-state index in [1.807, 2.05) is 19.1 Å². The summed E-state index contributed by atoms with van der Waals surface area (Å²) in [5, 5.41) is 5.98. The summed E-state index contributed by atoms with van der Waals surface area (Å²) in [6, 6.07) is 6.72. The molecule has 0 atom stereocenters. The molecule has 0 fully saturated rings. The highest BCUT2D eigenvalue weighted by Crippen LogP contribution is 2.22. The third kappa shape index (κ3) is 2.56. The summed E-state index contributed by atoms with van der Waals surface area (Å²) in [6.45, 7) is 3.61. The van der Waals surface area contributed by atoms with Gasteiger partial charge in [-0.1, -0.05) is 6.07 Å². The second-order valence-electron chi connectivity index (χ2n) is 4.01. The fourth-order valence-electron chi connectivity index (χ4n) is 1.63. The minimum atomic E-state index is -0.236. The molecule has 0 saturated carbocycles. The molecule has 2 aromatic rings. The molecule has 5 heteroatoms. The van der Waals surface area contributed by atoms with E-state index in [1.165, 1.54) is 6.07 Å². The molecule has 0 unspecified atom stereocenters. The Kier molecular flexibility index (Phi) is 3.41. The Bertz CT molecular complexity index is 569. The van der Waals surface area contributed by atoms with Crippen LogP contribution in [0.15, 0.2) is 24.3 Å². The molecule has 0 spiro atoms. The molecular weight excluding hydrogens is 231 g/mol. The molecule has 0 aliphatic rings. The van der Waals surface area contributed by atoms with Crippen LogP contribution in [0.3, 0.4) is 0 Å². The normalized spacial score (nSPS) is 10.2. The van der Waals surface area contributed by atoms with Crippen molar-refractivity contribution in [3.05, 3.63) is 41.3 Å². The van der Waals surface area contributed by atoms with E-state index in [-0.39, 0.29) is 5.82 Å². The number of nitrogens with one attached hydrogen (secondary N) is 2. The van der Waals surface area contributed by atoms with Gasteiger partial charge in [-0.05, 0) is 26.0 Å². The second-order valence-corrected chi connectivity index (χ2v) is 4.01. The average Bonchev–Trinajstić information content (AvgIpc) is 2.34. The minimum Gasteiger partial charge on any atom is -0.357 e. The van der Waals surface area contributed by atoms with E-state index in [2.05, 4.69) is 20.6 Å². The van der Waals surface area contributed by atoms with Gasteiger partial charge in [0.15, 0.2) is 0 Å². The Morgan fingerprint density at radius 2 is 1.94 bits per heavy atom. The summed E-state index contributed by atoms with van der Waals surface area (Å²) in [7, 11) is 1.76. The number of hydrogen-bond acceptors (Lipinski definition) is 4. The third-order valence-electron chi connectivity index (χ3n) is 2.61. The van der Waals surface area contributed by atoms with Crippen molar-refractivity contribution in [1.29, 1.82) is 0 Å². The van der Waals surface area contributed by atoms with Gasteiger partial charge in [-0.15, -0.1) is 0 Å². The van der Waals surface area contributed by atoms with Gasteiger partial charge in [0.1, 0.15) is 11.6 Å². The number of nitrogens with zero attached hydrogens (tertiary/aromatic N) is 2. The molecule has 0 amide bonds. The van der Waals surface area contributed by atoms with Gasteiger partial charge < -0.3 is 10.6 Å². The number of benzene rings is 1. The largest absolute Gasteiger partial charge is 0.357 e. The van der Waals surface area contributed by atoms with Crippen LogP contribution in [-0.2, 0) is 0 Å². The summed E-state index contributed by atoms with van der Waals surface area (Å²) >= 11 is 0. The average molecular weight is 246 g/mol. The number of rotatable bonds is 3. The molecule has 1 aromatic heterocycles. The predicted molar refractivity (Wildman–Crippen MR) is 70.7 cm³/mol. The van der Waals surface area contributed by atoms with Gasteiger partial charge in [-0.2, -0.15) is 4.98 Å². The van der Waals surface area contributed by atoms with Crippen LogP contribution in [0, 0.1) is 19.7 Å². The number of aromatic nitrogens is 2. The van der Waals surface area contributed by atoms with Gasteiger partial charge in [0.2, 0.25) is 5.95 Å². The Balaban J connectivity index is 2.34. The standard InChI is InChI=1S/C13H15FN4/c1-8-7-12(18-13(15-3)16-8)17-11-6-4-5-10(14)9(11)2/h4-7H,1-3H3,(H2,15,16,17,18). The van der Waals surface area contributed by atoms with Crippen molar-refractivity contribution in [3.8, 4) is 0 Å². The number of halogens is 1. The lowest BCUT2D eigenvalue weighted by molar-refractivity contribution is 0.619. The van der Waals surface area contributed by atoms with E-state index >= 15 is 0 Å². The number of aryl methyl sites for hydroxylation is 1. The highest BCUT2D eigenvalue weighted by atomic mass is 19.1. The van der Waals surface area contributed by atoms with Gasteiger partial charge in [0.05, 0.1) is 0 Å². The molecule has 0 aliphatic carbocycles. The molecule has 4 nitrogen and oxygen atoms in total. The molecular formula is C13H15FN4. The van der Waals surface area contributed by atoms with Crippen molar-refractivity contribution in [2.45, 2.75) is 13.8 Å². The fourth-order valence-corrected chi connectivity index (χ4v) is 1.63. The number of hydrogen-bond donors (Lipinski definition) is 2. The minimum absolute atomic E-state index is 0.236. The van der Waals surface area contributed by atoms with Crippen molar-refractivity contribution in [2.75, 3.05) is 17.7 Å². The first-order chi connectivity index (χ1) is 8.60. The first-order valence-electron chi connectivity index (χ1n) is 5.65. The van der Waals surface area contributed by atoms with Crippen molar-refractivity contribution in [3.63, 3.8) is 0 Å². The monoisotopic (exact) mass is 246 g/mol. The molecule has 18 heavy (non-hydrogen) atoms. The molecule has 2 N–H and O–H groups in total. The quantitative estimate of drug-likeness (QED) is 0.874.